The highest BCUT2D eigenvalue weighted by Crippen LogP contribution is 2.31. The molecule has 1 aliphatic heterocycles. The zero-order valence-electron chi connectivity index (χ0n) is 16.1. The molecule has 2 aromatic rings. The minimum Gasteiger partial charge on any atom is -0.356 e. The van der Waals surface area contributed by atoms with E-state index in [1.165, 1.54) is 30.3 Å². The fraction of sp³-hybridized carbons (Fsp3) is 0.500. The molecule has 27 heavy (non-hydrogen) atoms. The number of Topliss-reactive ketones (excluding diaryl/α,β-unsaturated/α-hetero) is 1. The Labute approximate surface area is 161 Å². The van der Waals surface area contributed by atoms with Crippen LogP contribution in [0.2, 0.25) is 0 Å². The van der Waals surface area contributed by atoms with Gasteiger partial charge in [-0.15, -0.1) is 0 Å². The van der Waals surface area contributed by atoms with Crippen LogP contribution in [-0.2, 0) is 19.4 Å². The van der Waals surface area contributed by atoms with Crippen molar-refractivity contribution in [1.29, 1.82) is 0 Å². The Morgan fingerprint density at radius 1 is 1.22 bits per heavy atom. The van der Waals surface area contributed by atoms with Gasteiger partial charge in [0.2, 0.25) is 0 Å². The topological polar surface area (TPSA) is 58.1 Å². The maximum absolute atomic E-state index is 12.8. The molecule has 0 amide bonds. The second-order valence-electron chi connectivity index (χ2n) is 7.78. The first kappa shape index (κ1) is 18.1. The Morgan fingerprint density at radius 3 is 2.93 bits per heavy atom. The molecule has 5 heteroatoms. The molecule has 1 aromatic heterocycles. The van der Waals surface area contributed by atoms with E-state index >= 15 is 0 Å². The largest absolute Gasteiger partial charge is 0.356 e. The molecule has 4 rings (SSSR count). The summed E-state index contributed by atoms with van der Waals surface area (Å²) in [4.78, 5) is 23.8. The molecule has 0 saturated heterocycles. The van der Waals surface area contributed by atoms with E-state index in [9.17, 15) is 4.79 Å². The highest BCUT2D eigenvalue weighted by Gasteiger charge is 2.25. The zero-order chi connectivity index (χ0) is 18.6. The lowest BCUT2D eigenvalue weighted by molar-refractivity contribution is 0.0988. The van der Waals surface area contributed by atoms with E-state index in [0.717, 1.165) is 56.3 Å². The first-order valence-corrected chi connectivity index (χ1v) is 10.1. The lowest BCUT2D eigenvalue weighted by Crippen LogP contribution is -2.28. The maximum Gasteiger partial charge on any atom is 0.185 e. The van der Waals surface area contributed by atoms with Crippen molar-refractivity contribution in [2.45, 2.75) is 45.6 Å². The van der Waals surface area contributed by atoms with Gasteiger partial charge in [-0.3, -0.25) is 4.79 Å². The van der Waals surface area contributed by atoms with E-state index in [1.807, 2.05) is 6.07 Å². The number of hydrogen-bond acceptors (Lipinski definition) is 5. The highest BCUT2D eigenvalue weighted by atomic mass is 16.1. The summed E-state index contributed by atoms with van der Waals surface area (Å²) in [7, 11) is 0. The van der Waals surface area contributed by atoms with Gasteiger partial charge < -0.3 is 10.2 Å². The normalized spacial score (nSPS) is 16.0. The highest BCUT2D eigenvalue weighted by molar-refractivity contribution is 5.96. The molecule has 5 nitrogen and oxygen atoms in total. The van der Waals surface area contributed by atoms with Gasteiger partial charge in [0.1, 0.15) is 17.8 Å². The van der Waals surface area contributed by atoms with Crippen LogP contribution in [0.15, 0.2) is 30.6 Å². The third-order valence-corrected chi connectivity index (χ3v) is 5.45. The summed E-state index contributed by atoms with van der Waals surface area (Å²) in [5.41, 5.74) is 4.30. The summed E-state index contributed by atoms with van der Waals surface area (Å²) in [6.45, 7) is 6.12. The molecule has 2 aliphatic rings. The van der Waals surface area contributed by atoms with Crippen molar-refractivity contribution in [2.75, 3.05) is 24.5 Å². The molecule has 1 N–H and O–H groups in total. The molecule has 0 unspecified atom stereocenters. The summed E-state index contributed by atoms with van der Waals surface area (Å²) < 4.78 is 0. The van der Waals surface area contributed by atoms with Crippen LogP contribution < -0.4 is 10.2 Å². The molecular formula is C22H28N4O. The fourth-order valence-electron chi connectivity index (χ4n) is 3.77. The number of nitrogens with one attached hydrogen (secondary N) is 1. The van der Waals surface area contributed by atoms with Crippen molar-refractivity contribution < 1.29 is 4.79 Å². The van der Waals surface area contributed by atoms with Crippen LogP contribution in [0.25, 0.3) is 0 Å². The third-order valence-electron chi connectivity index (χ3n) is 5.45. The lowest BCUT2D eigenvalue weighted by Gasteiger charge is -2.23. The number of nitrogens with zero attached hydrogens (tertiary/aromatic N) is 3. The van der Waals surface area contributed by atoms with Gasteiger partial charge in [0.15, 0.2) is 5.78 Å². The Kier molecular flexibility index (Phi) is 5.48. The fourth-order valence-corrected chi connectivity index (χ4v) is 3.77. The lowest BCUT2D eigenvalue weighted by atomic mass is 9.96. The van der Waals surface area contributed by atoms with Gasteiger partial charge in [-0.05, 0) is 54.8 Å². The van der Waals surface area contributed by atoms with Crippen LogP contribution in [0.3, 0.4) is 0 Å². The number of anilines is 1. The van der Waals surface area contributed by atoms with Crippen LogP contribution in [0.1, 0.15) is 53.4 Å². The molecule has 142 valence electrons. The van der Waals surface area contributed by atoms with E-state index in [1.54, 1.807) is 0 Å². The number of benzene rings is 1. The number of carbonyl (C=O) groups excluding carboxylic acids is 1. The molecule has 2 heterocycles. The van der Waals surface area contributed by atoms with Gasteiger partial charge in [-0.2, -0.15) is 0 Å². The number of ketones is 1. The van der Waals surface area contributed by atoms with Crippen molar-refractivity contribution in [1.82, 2.24) is 15.3 Å². The SMILES string of the molecule is CCCN(CC1CC1)c1cc(C(=O)Cc2ccc3c(c2)CCNC3)ncn1. The number of hydrogen-bond donors (Lipinski definition) is 1. The third kappa shape index (κ3) is 4.53. The van der Waals surface area contributed by atoms with Gasteiger partial charge in [-0.25, -0.2) is 9.97 Å². The molecular weight excluding hydrogens is 336 g/mol. The Morgan fingerprint density at radius 2 is 2.11 bits per heavy atom. The molecule has 1 fully saturated rings. The molecule has 1 aromatic carbocycles. The molecule has 0 bridgehead atoms. The van der Waals surface area contributed by atoms with E-state index in [2.05, 4.69) is 45.3 Å². The second kappa shape index (κ2) is 8.17. The maximum atomic E-state index is 12.8. The molecule has 0 atom stereocenters. The average molecular weight is 364 g/mol. The minimum atomic E-state index is 0.0652. The quantitative estimate of drug-likeness (QED) is 0.729. The van der Waals surface area contributed by atoms with E-state index < -0.39 is 0 Å². The van der Waals surface area contributed by atoms with Crippen LogP contribution >= 0.6 is 0 Å². The minimum absolute atomic E-state index is 0.0652. The molecule has 0 radical (unpaired) electrons. The molecule has 0 spiro atoms. The summed E-state index contributed by atoms with van der Waals surface area (Å²) >= 11 is 0. The van der Waals surface area contributed by atoms with Crippen molar-refractivity contribution in [3.63, 3.8) is 0 Å². The van der Waals surface area contributed by atoms with Crippen molar-refractivity contribution >= 4 is 11.6 Å². The Hall–Kier alpha value is -2.27. The van der Waals surface area contributed by atoms with Gasteiger partial charge >= 0.3 is 0 Å². The number of fused-ring (bicyclic) bond motifs is 1. The van der Waals surface area contributed by atoms with E-state index in [4.69, 9.17) is 0 Å². The molecule has 1 saturated carbocycles. The van der Waals surface area contributed by atoms with Crippen molar-refractivity contribution in [2.24, 2.45) is 5.92 Å². The smallest absolute Gasteiger partial charge is 0.185 e. The van der Waals surface area contributed by atoms with Gasteiger partial charge in [0.25, 0.3) is 0 Å². The zero-order valence-corrected chi connectivity index (χ0v) is 16.1. The average Bonchev–Trinajstić information content (AvgIpc) is 3.52. The van der Waals surface area contributed by atoms with Gasteiger partial charge in [0, 0.05) is 32.1 Å². The van der Waals surface area contributed by atoms with Crippen LogP contribution in [0.5, 0.6) is 0 Å². The first-order valence-electron chi connectivity index (χ1n) is 10.1. The van der Waals surface area contributed by atoms with Crippen molar-refractivity contribution in [3.8, 4) is 0 Å². The molecule has 1 aliphatic carbocycles. The van der Waals surface area contributed by atoms with Gasteiger partial charge in [0.05, 0.1) is 0 Å². The van der Waals surface area contributed by atoms with E-state index in [-0.39, 0.29) is 5.78 Å². The number of carbonyl (C=O) groups is 1. The first-order chi connectivity index (χ1) is 13.2. The Balaban J connectivity index is 1.48. The van der Waals surface area contributed by atoms with Gasteiger partial charge in [-0.1, -0.05) is 25.1 Å². The van der Waals surface area contributed by atoms with E-state index in [0.29, 0.717) is 12.1 Å². The monoisotopic (exact) mass is 364 g/mol. The summed E-state index contributed by atoms with van der Waals surface area (Å²) in [5.74, 6) is 1.74. The Bertz CT molecular complexity index is 816. The predicted molar refractivity (Wildman–Crippen MR) is 107 cm³/mol. The second-order valence-corrected chi connectivity index (χ2v) is 7.78. The summed E-state index contributed by atoms with van der Waals surface area (Å²) in [6.07, 6.45) is 6.66. The van der Waals surface area contributed by atoms with Crippen LogP contribution in [-0.4, -0.2) is 35.4 Å². The number of rotatable bonds is 8. The van der Waals surface area contributed by atoms with Crippen molar-refractivity contribution in [3.05, 3.63) is 53.0 Å². The standard InChI is InChI=1S/C22H28N4O/c1-2-9-26(14-16-3-4-16)22-12-20(24-15-25-22)21(27)11-17-5-6-19-13-23-8-7-18(19)10-17/h5-6,10,12,15-16,23H,2-4,7-9,11,13-14H2,1H3. The summed E-state index contributed by atoms with van der Waals surface area (Å²) in [5, 5.41) is 3.38. The number of aromatic nitrogens is 2. The predicted octanol–water partition coefficient (Wildman–Crippen LogP) is 3.17. The summed E-state index contributed by atoms with van der Waals surface area (Å²) in [6, 6.07) is 8.28. The van der Waals surface area contributed by atoms with Crippen LogP contribution in [0.4, 0.5) is 5.82 Å². The van der Waals surface area contributed by atoms with Crippen LogP contribution in [0, 0.1) is 5.92 Å².